The molecule has 1 aliphatic heterocycles. The predicted molar refractivity (Wildman–Crippen MR) is 166 cm³/mol. The molecule has 0 radical (unpaired) electrons. The Morgan fingerprint density at radius 2 is 1.84 bits per heavy atom. The highest BCUT2D eigenvalue weighted by Crippen LogP contribution is 2.35. The van der Waals surface area contributed by atoms with Crippen molar-refractivity contribution in [2.75, 3.05) is 5.73 Å². The van der Waals surface area contributed by atoms with E-state index < -0.39 is 6.04 Å². The van der Waals surface area contributed by atoms with E-state index in [1.807, 2.05) is 49.4 Å². The van der Waals surface area contributed by atoms with Crippen LogP contribution in [0.3, 0.4) is 0 Å². The van der Waals surface area contributed by atoms with Gasteiger partial charge in [-0.05, 0) is 50.4 Å². The zero-order valence-corrected chi connectivity index (χ0v) is 24.3. The van der Waals surface area contributed by atoms with Gasteiger partial charge in [-0.2, -0.15) is 9.61 Å². The molecule has 1 aromatic carbocycles. The molecule has 5 aromatic rings. The fourth-order valence-electron chi connectivity index (χ4n) is 6.04. The fraction of sp³-hybridized carbons (Fsp3) is 0.250. The van der Waals surface area contributed by atoms with E-state index in [-0.39, 0.29) is 46.4 Å². The van der Waals surface area contributed by atoms with E-state index in [1.165, 1.54) is 29.9 Å². The molecule has 222 valence electrons. The van der Waals surface area contributed by atoms with E-state index in [4.69, 9.17) is 16.5 Å². The minimum atomic E-state index is -0.731. The lowest BCUT2D eigenvalue weighted by atomic mass is 9.97. The number of nitroso groups, excluding NO2 is 1. The second-order valence-electron chi connectivity index (χ2n) is 11.0. The Balaban J connectivity index is 1.35. The Morgan fingerprint density at radius 1 is 1.05 bits per heavy atom. The third kappa shape index (κ3) is 5.09. The maximum absolute atomic E-state index is 13.6. The molecule has 1 saturated heterocycles. The molecule has 4 aromatic heterocycles. The minimum absolute atomic E-state index is 0.0328. The van der Waals surface area contributed by atoms with E-state index >= 15 is 0 Å². The number of amides is 1. The van der Waals surface area contributed by atoms with Gasteiger partial charge in [0.1, 0.15) is 11.5 Å². The number of fused-ring (bicyclic) bond motifs is 1. The minimum Gasteiger partial charge on any atom is -0.383 e. The van der Waals surface area contributed by atoms with Gasteiger partial charge in [-0.3, -0.25) is 19.6 Å². The van der Waals surface area contributed by atoms with E-state index in [9.17, 15) is 14.5 Å². The van der Waals surface area contributed by atoms with Gasteiger partial charge in [-0.25, -0.2) is 4.98 Å². The normalized spacial score (nSPS) is 17.1. The van der Waals surface area contributed by atoms with Gasteiger partial charge in [0.15, 0.2) is 11.4 Å². The van der Waals surface area contributed by atoms with E-state index in [0.29, 0.717) is 29.7 Å². The Morgan fingerprint density at radius 3 is 2.55 bits per heavy atom. The summed E-state index contributed by atoms with van der Waals surface area (Å²) in [5, 5.41) is 7.44. The number of carbonyl (C=O) groups excluding carboxylic acids is 2. The van der Waals surface area contributed by atoms with Gasteiger partial charge in [-0.1, -0.05) is 36.4 Å². The van der Waals surface area contributed by atoms with Crippen molar-refractivity contribution in [3.8, 4) is 22.4 Å². The molecule has 6 rings (SSSR count). The van der Waals surface area contributed by atoms with E-state index in [2.05, 4.69) is 20.2 Å². The second-order valence-corrected chi connectivity index (χ2v) is 11.0. The monoisotopic (exact) mass is 589 g/mol. The number of hydrogen-bond donors (Lipinski definition) is 2. The standard InChI is InChI=1S/C32H31N9O3/c1-18-8-10-22(40(18)32(43)24-16-35-13-12-27(24)39-44)14-25(33)29-28(19(2)42)30(34)41-31(38-29)23(17-37-41)21-9-11-26(36-15-21)20-6-4-3-5-7-20/h3-7,9,11-13,15-18,22,25H,8,10,14,33-34H2,1-2H3. The molecule has 0 spiro atoms. The largest absolute Gasteiger partial charge is 0.383 e. The Bertz CT molecular complexity index is 1870. The third-order valence-corrected chi connectivity index (χ3v) is 8.23. The topological polar surface area (TPSA) is 175 Å². The molecule has 0 aliphatic carbocycles. The molecular formula is C32H31N9O3. The fourth-order valence-corrected chi connectivity index (χ4v) is 6.04. The SMILES string of the molecule is CC(=O)c1c(C(N)CC2CCC(C)N2C(=O)c2cnccc2N=O)nc2c(-c3ccc(-c4ccccc4)nc3)cnn2c1N. The summed E-state index contributed by atoms with van der Waals surface area (Å²) in [4.78, 5) is 53.1. The molecule has 3 unspecified atom stereocenters. The number of likely N-dealkylation sites (tertiary alicyclic amines) is 1. The maximum Gasteiger partial charge on any atom is 0.258 e. The smallest absolute Gasteiger partial charge is 0.258 e. The molecule has 4 N–H and O–H groups in total. The van der Waals surface area contributed by atoms with Crippen LogP contribution in [-0.2, 0) is 0 Å². The summed E-state index contributed by atoms with van der Waals surface area (Å²) in [5.74, 6) is -0.495. The van der Waals surface area contributed by atoms with Crippen LogP contribution in [0.25, 0.3) is 28.0 Å². The number of ketones is 1. The van der Waals surface area contributed by atoms with Crippen molar-refractivity contribution in [1.82, 2.24) is 29.5 Å². The van der Waals surface area contributed by atoms with Crippen molar-refractivity contribution < 1.29 is 9.59 Å². The number of anilines is 1. The number of nitrogens with zero attached hydrogens (tertiary/aromatic N) is 7. The van der Waals surface area contributed by atoms with Gasteiger partial charge < -0.3 is 16.4 Å². The first-order valence-corrected chi connectivity index (χ1v) is 14.3. The third-order valence-electron chi connectivity index (χ3n) is 8.23. The molecule has 5 heterocycles. The van der Waals surface area contributed by atoms with Gasteiger partial charge >= 0.3 is 0 Å². The van der Waals surface area contributed by atoms with Gasteiger partial charge in [0.2, 0.25) is 0 Å². The average molecular weight is 590 g/mol. The van der Waals surface area contributed by atoms with Crippen molar-refractivity contribution in [3.63, 3.8) is 0 Å². The van der Waals surface area contributed by atoms with Crippen LogP contribution in [0.15, 0.2) is 78.5 Å². The molecule has 12 nitrogen and oxygen atoms in total. The number of pyridine rings is 2. The number of nitrogens with two attached hydrogens (primary N) is 2. The summed E-state index contributed by atoms with van der Waals surface area (Å²) in [7, 11) is 0. The van der Waals surface area contributed by atoms with Crippen LogP contribution in [0.4, 0.5) is 11.5 Å². The molecule has 0 bridgehead atoms. The van der Waals surface area contributed by atoms with Crippen LogP contribution in [-0.4, -0.2) is 53.2 Å². The Labute approximate surface area is 253 Å². The number of nitrogen functional groups attached to an aromatic ring is 1. The van der Waals surface area contributed by atoms with Gasteiger partial charge in [0, 0.05) is 53.4 Å². The lowest BCUT2D eigenvalue weighted by Gasteiger charge is -2.30. The average Bonchev–Trinajstić information content (AvgIpc) is 3.64. The number of benzene rings is 1. The summed E-state index contributed by atoms with van der Waals surface area (Å²) in [6, 6.07) is 14.0. The summed E-state index contributed by atoms with van der Waals surface area (Å²) in [5.41, 5.74) is 17.7. The highest BCUT2D eigenvalue weighted by molar-refractivity contribution is 6.01. The second kappa shape index (κ2) is 11.7. The summed E-state index contributed by atoms with van der Waals surface area (Å²) in [6.45, 7) is 3.36. The van der Waals surface area contributed by atoms with E-state index in [0.717, 1.165) is 23.2 Å². The van der Waals surface area contributed by atoms with Gasteiger partial charge in [-0.15, -0.1) is 4.91 Å². The van der Waals surface area contributed by atoms with Crippen molar-refractivity contribution in [1.29, 1.82) is 0 Å². The zero-order chi connectivity index (χ0) is 31.0. The van der Waals surface area contributed by atoms with Crippen LogP contribution in [0.2, 0.25) is 0 Å². The van der Waals surface area contributed by atoms with Crippen LogP contribution in [0, 0.1) is 4.91 Å². The summed E-state index contributed by atoms with van der Waals surface area (Å²) >= 11 is 0. The highest BCUT2D eigenvalue weighted by atomic mass is 16.3. The Kier molecular flexibility index (Phi) is 7.66. The van der Waals surface area contributed by atoms with Crippen LogP contribution >= 0.6 is 0 Å². The quantitative estimate of drug-likeness (QED) is 0.184. The lowest BCUT2D eigenvalue weighted by molar-refractivity contribution is 0.0666. The van der Waals surface area contributed by atoms with Crippen molar-refractivity contribution in [2.45, 2.75) is 51.2 Å². The number of Topliss-reactive ketones (excluding diaryl/α,β-unsaturated/α-hetero) is 1. The van der Waals surface area contributed by atoms with E-state index in [1.54, 1.807) is 17.3 Å². The molecule has 1 aliphatic rings. The summed E-state index contributed by atoms with van der Waals surface area (Å²) in [6.07, 6.45) is 7.92. The molecule has 3 atom stereocenters. The highest BCUT2D eigenvalue weighted by Gasteiger charge is 2.38. The Hall–Kier alpha value is -5.36. The molecule has 1 fully saturated rings. The molecular weight excluding hydrogens is 558 g/mol. The molecule has 0 saturated carbocycles. The molecule has 44 heavy (non-hydrogen) atoms. The number of carbonyl (C=O) groups is 2. The maximum atomic E-state index is 13.6. The number of hydrogen-bond acceptors (Lipinski definition) is 10. The first kappa shape index (κ1) is 28.7. The van der Waals surface area contributed by atoms with Crippen LogP contribution in [0.1, 0.15) is 65.6 Å². The van der Waals surface area contributed by atoms with Crippen molar-refractivity contribution in [3.05, 3.63) is 95.0 Å². The number of aromatic nitrogens is 5. The zero-order valence-electron chi connectivity index (χ0n) is 24.3. The van der Waals surface area contributed by atoms with Gasteiger partial charge in [0.25, 0.3) is 5.91 Å². The number of rotatable bonds is 8. The molecule has 12 heteroatoms. The van der Waals surface area contributed by atoms with Crippen LogP contribution < -0.4 is 11.5 Å². The van der Waals surface area contributed by atoms with Crippen molar-refractivity contribution >= 4 is 28.8 Å². The first-order valence-electron chi connectivity index (χ1n) is 14.3. The van der Waals surface area contributed by atoms with Crippen molar-refractivity contribution in [2.24, 2.45) is 10.9 Å². The van der Waals surface area contributed by atoms with Crippen LogP contribution in [0.5, 0.6) is 0 Å². The van der Waals surface area contributed by atoms with Gasteiger partial charge in [0.05, 0.1) is 28.7 Å². The first-order chi connectivity index (χ1) is 21.3. The molecule has 1 amide bonds. The summed E-state index contributed by atoms with van der Waals surface area (Å²) < 4.78 is 1.44. The predicted octanol–water partition coefficient (Wildman–Crippen LogP) is 5.12. The lowest BCUT2D eigenvalue weighted by Crippen LogP contribution is -2.41.